The van der Waals surface area contributed by atoms with Gasteiger partial charge in [-0.25, -0.2) is 4.79 Å². The molecule has 4 heteroatoms. The van der Waals surface area contributed by atoms with Crippen molar-refractivity contribution < 1.29 is 19.4 Å². The summed E-state index contributed by atoms with van der Waals surface area (Å²) >= 11 is 0. The zero-order chi connectivity index (χ0) is 13.7. The van der Waals surface area contributed by atoms with E-state index in [1.54, 1.807) is 48.5 Å². The van der Waals surface area contributed by atoms with Crippen molar-refractivity contribution in [2.45, 2.75) is 6.61 Å². The summed E-state index contributed by atoms with van der Waals surface area (Å²) in [7, 11) is 1.34. The fourth-order valence-electron chi connectivity index (χ4n) is 1.56. The Balaban J connectivity index is 1.96. The molecule has 2 rings (SSSR count). The SMILES string of the molecule is COC(=O)c1ccc(OCc2ccc(O)cc2)cc1. The van der Waals surface area contributed by atoms with E-state index in [1.165, 1.54) is 7.11 Å². The minimum absolute atomic E-state index is 0.228. The van der Waals surface area contributed by atoms with Gasteiger partial charge in [0.25, 0.3) is 0 Å². The molecule has 0 spiro atoms. The number of methoxy groups -OCH3 is 1. The molecule has 0 saturated carbocycles. The van der Waals surface area contributed by atoms with Gasteiger partial charge in [-0.1, -0.05) is 12.1 Å². The second-order valence-electron chi connectivity index (χ2n) is 3.97. The maximum atomic E-state index is 11.2. The van der Waals surface area contributed by atoms with E-state index in [0.29, 0.717) is 17.9 Å². The van der Waals surface area contributed by atoms with Crippen molar-refractivity contribution in [1.82, 2.24) is 0 Å². The number of hydrogen-bond acceptors (Lipinski definition) is 4. The Kier molecular flexibility index (Phi) is 4.03. The Bertz CT molecular complexity index is 543. The highest BCUT2D eigenvalue weighted by molar-refractivity contribution is 5.89. The van der Waals surface area contributed by atoms with Crippen LogP contribution >= 0.6 is 0 Å². The molecule has 0 atom stereocenters. The second-order valence-corrected chi connectivity index (χ2v) is 3.97. The Morgan fingerprint density at radius 1 is 1.05 bits per heavy atom. The topological polar surface area (TPSA) is 55.8 Å². The average Bonchev–Trinajstić information content (AvgIpc) is 2.46. The monoisotopic (exact) mass is 258 g/mol. The number of ether oxygens (including phenoxy) is 2. The molecule has 0 aromatic heterocycles. The number of aromatic hydroxyl groups is 1. The summed E-state index contributed by atoms with van der Waals surface area (Å²) in [5.41, 5.74) is 1.44. The van der Waals surface area contributed by atoms with Gasteiger partial charge in [-0.05, 0) is 42.0 Å². The quantitative estimate of drug-likeness (QED) is 0.857. The summed E-state index contributed by atoms with van der Waals surface area (Å²) in [6, 6.07) is 13.5. The molecule has 2 aromatic rings. The fourth-order valence-corrected chi connectivity index (χ4v) is 1.56. The summed E-state index contributed by atoms with van der Waals surface area (Å²) in [6.45, 7) is 0.401. The Hall–Kier alpha value is -2.49. The fraction of sp³-hybridized carbons (Fsp3) is 0.133. The smallest absolute Gasteiger partial charge is 0.337 e. The van der Waals surface area contributed by atoms with Gasteiger partial charge >= 0.3 is 5.97 Å². The first-order valence-electron chi connectivity index (χ1n) is 5.78. The van der Waals surface area contributed by atoms with Gasteiger partial charge in [0.2, 0.25) is 0 Å². The molecule has 1 N–H and O–H groups in total. The molecule has 0 aliphatic heterocycles. The van der Waals surface area contributed by atoms with E-state index in [0.717, 1.165) is 5.56 Å². The Labute approximate surface area is 111 Å². The van der Waals surface area contributed by atoms with Crippen molar-refractivity contribution in [2.75, 3.05) is 7.11 Å². The van der Waals surface area contributed by atoms with E-state index in [4.69, 9.17) is 9.84 Å². The maximum absolute atomic E-state index is 11.2. The molecule has 0 amide bonds. The van der Waals surface area contributed by atoms with Crippen molar-refractivity contribution in [1.29, 1.82) is 0 Å². The van der Waals surface area contributed by atoms with Crippen molar-refractivity contribution in [2.24, 2.45) is 0 Å². The minimum Gasteiger partial charge on any atom is -0.508 e. The van der Waals surface area contributed by atoms with Crippen LogP contribution in [0.1, 0.15) is 15.9 Å². The molecule has 0 aliphatic carbocycles. The Morgan fingerprint density at radius 3 is 2.26 bits per heavy atom. The van der Waals surface area contributed by atoms with E-state index in [2.05, 4.69) is 4.74 Å². The highest BCUT2D eigenvalue weighted by Crippen LogP contribution is 2.16. The van der Waals surface area contributed by atoms with Gasteiger partial charge < -0.3 is 14.6 Å². The van der Waals surface area contributed by atoms with Crippen LogP contribution in [0.15, 0.2) is 48.5 Å². The molecule has 4 nitrogen and oxygen atoms in total. The standard InChI is InChI=1S/C15H14O4/c1-18-15(17)12-4-8-14(9-5-12)19-10-11-2-6-13(16)7-3-11/h2-9,16H,10H2,1H3. The summed E-state index contributed by atoms with van der Waals surface area (Å²) in [5, 5.41) is 9.16. The molecular weight excluding hydrogens is 244 g/mol. The molecule has 0 saturated heterocycles. The van der Waals surface area contributed by atoms with Crippen LogP contribution in [0.4, 0.5) is 0 Å². The van der Waals surface area contributed by atoms with Crippen LogP contribution < -0.4 is 4.74 Å². The van der Waals surface area contributed by atoms with Crippen LogP contribution in [0.5, 0.6) is 11.5 Å². The van der Waals surface area contributed by atoms with Gasteiger partial charge in [-0.3, -0.25) is 0 Å². The number of esters is 1. The van der Waals surface area contributed by atoms with Gasteiger partial charge in [-0.15, -0.1) is 0 Å². The van der Waals surface area contributed by atoms with E-state index < -0.39 is 0 Å². The number of phenols is 1. The first-order chi connectivity index (χ1) is 9.19. The van der Waals surface area contributed by atoms with Gasteiger partial charge in [0.15, 0.2) is 0 Å². The molecule has 0 bridgehead atoms. The number of phenolic OH excluding ortho intramolecular Hbond substituents is 1. The third kappa shape index (κ3) is 3.48. The predicted octanol–water partition coefficient (Wildman–Crippen LogP) is 2.76. The third-order valence-corrected chi connectivity index (χ3v) is 2.62. The lowest BCUT2D eigenvalue weighted by atomic mass is 10.2. The second kappa shape index (κ2) is 5.91. The first-order valence-corrected chi connectivity index (χ1v) is 5.78. The van der Waals surface area contributed by atoms with Crippen LogP contribution in [0, 0.1) is 0 Å². The highest BCUT2D eigenvalue weighted by Gasteiger charge is 2.04. The summed E-state index contributed by atoms with van der Waals surface area (Å²) in [6.07, 6.45) is 0. The summed E-state index contributed by atoms with van der Waals surface area (Å²) < 4.78 is 10.2. The molecule has 19 heavy (non-hydrogen) atoms. The summed E-state index contributed by atoms with van der Waals surface area (Å²) in [4.78, 5) is 11.2. The Morgan fingerprint density at radius 2 is 1.68 bits per heavy atom. The van der Waals surface area contributed by atoms with E-state index in [9.17, 15) is 4.79 Å². The third-order valence-electron chi connectivity index (χ3n) is 2.62. The van der Waals surface area contributed by atoms with Crippen molar-refractivity contribution in [3.8, 4) is 11.5 Å². The van der Waals surface area contributed by atoms with Crippen LogP contribution in [0.25, 0.3) is 0 Å². The number of hydrogen-bond donors (Lipinski definition) is 1. The predicted molar refractivity (Wildman–Crippen MR) is 70.2 cm³/mol. The van der Waals surface area contributed by atoms with Crippen LogP contribution in [0.2, 0.25) is 0 Å². The van der Waals surface area contributed by atoms with E-state index >= 15 is 0 Å². The first kappa shape index (κ1) is 13.0. The van der Waals surface area contributed by atoms with Crippen molar-refractivity contribution in [3.05, 3.63) is 59.7 Å². The van der Waals surface area contributed by atoms with Gasteiger partial charge in [0.05, 0.1) is 12.7 Å². The number of carbonyl (C=O) groups is 1. The summed E-state index contributed by atoms with van der Waals surface area (Å²) in [5.74, 6) is 0.525. The average molecular weight is 258 g/mol. The molecule has 2 aromatic carbocycles. The van der Waals surface area contributed by atoms with E-state index in [-0.39, 0.29) is 11.7 Å². The van der Waals surface area contributed by atoms with E-state index in [1.807, 2.05) is 0 Å². The molecule has 0 unspecified atom stereocenters. The van der Waals surface area contributed by atoms with Crippen molar-refractivity contribution in [3.63, 3.8) is 0 Å². The molecule has 0 aliphatic rings. The molecule has 0 fully saturated rings. The number of rotatable bonds is 4. The molecule has 0 radical (unpaired) electrons. The lowest BCUT2D eigenvalue weighted by Crippen LogP contribution is -2.01. The highest BCUT2D eigenvalue weighted by atomic mass is 16.5. The van der Waals surface area contributed by atoms with Gasteiger partial charge in [-0.2, -0.15) is 0 Å². The van der Waals surface area contributed by atoms with Gasteiger partial charge in [0, 0.05) is 0 Å². The molecular formula is C15H14O4. The molecule has 0 heterocycles. The van der Waals surface area contributed by atoms with Gasteiger partial charge in [0.1, 0.15) is 18.1 Å². The van der Waals surface area contributed by atoms with Crippen LogP contribution in [-0.4, -0.2) is 18.2 Å². The lowest BCUT2D eigenvalue weighted by molar-refractivity contribution is 0.0600. The number of carbonyl (C=O) groups excluding carboxylic acids is 1. The zero-order valence-electron chi connectivity index (χ0n) is 10.5. The zero-order valence-corrected chi connectivity index (χ0v) is 10.5. The normalized spacial score (nSPS) is 9.95. The largest absolute Gasteiger partial charge is 0.508 e. The van der Waals surface area contributed by atoms with Crippen LogP contribution in [-0.2, 0) is 11.3 Å². The maximum Gasteiger partial charge on any atom is 0.337 e. The number of benzene rings is 2. The van der Waals surface area contributed by atoms with Crippen molar-refractivity contribution >= 4 is 5.97 Å². The van der Waals surface area contributed by atoms with Crippen LogP contribution in [0.3, 0.4) is 0 Å². The molecule has 98 valence electrons. The lowest BCUT2D eigenvalue weighted by Gasteiger charge is -2.07. The minimum atomic E-state index is -0.370.